The van der Waals surface area contributed by atoms with E-state index in [0.29, 0.717) is 32.5 Å². The number of aromatic nitrogens is 3. The van der Waals surface area contributed by atoms with Gasteiger partial charge in [-0.3, -0.25) is 9.78 Å². The van der Waals surface area contributed by atoms with Crippen LogP contribution in [0.25, 0.3) is 16.6 Å². The van der Waals surface area contributed by atoms with Crippen molar-refractivity contribution in [3.8, 4) is 11.1 Å². The van der Waals surface area contributed by atoms with Gasteiger partial charge in [0.25, 0.3) is 5.91 Å². The minimum atomic E-state index is -1.64. The molecule has 1 aliphatic carbocycles. The molecule has 6 nitrogen and oxygen atoms in total. The van der Waals surface area contributed by atoms with Crippen molar-refractivity contribution in [2.24, 2.45) is 0 Å². The molecule has 138 valence electrons. The van der Waals surface area contributed by atoms with E-state index in [-0.39, 0.29) is 6.10 Å². The molecule has 27 heavy (non-hydrogen) atoms. The highest BCUT2D eigenvalue weighted by Gasteiger charge is 2.53. The zero-order valence-electron chi connectivity index (χ0n) is 14.7. The van der Waals surface area contributed by atoms with Crippen molar-refractivity contribution in [2.75, 3.05) is 19.7 Å². The molecule has 1 amide bonds. The van der Waals surface area contributed by atoms with Crippen LogP contribution in [-0.2, 0) is 9.53 Å². The summed E-state index contributed by atoms with van der Waals surface area (Å²) in [5, 5.41) is 0. The fraction of sp³-hybridized carbons (Fsp3) is 0.350. The molecule has 0 radical (unpaired) electrons. The summed E-state index contributed by atoms with van der Waals surface area (Å²) in [5.41, 5.74) is 2.11. The molecule has 7 heteroatoms. The van der Waals surface area contributed by atoms with Gasteiger partial charge in [-0.05, 0) is 30.5 Å². The standard InChI is InChI=1S/C20H19FN4O2/c21-20(5-6-20)19(26)24-8-9-27-17(12-24)18-16-4-3-15(11-25(16)13-23-18)14-2-1-7-22-10-14/h1-4,7,10-11,13,17H,5-6,8-9,12H2. The number of hydrogen-bond acceptors (Lipinski definition) is 4. The maximum absolute atomic E-state index is 14.1. The topological polar surface area (TPSA) is 59.7 Å². The first-order valence-electron chi connectivity index (χ1n) is 9.11. The number of alkyl halides is 1. The Morgan fingerprint density at radius 2 is 2.15 bits per heavy atom. The fourth-order valence-electron chi connectivity index (χ4n) is 3.58. The maximum atomic E-state index is 14.1. The molecule has 3 aromatic heterocycles. The van der Waals surface area contributed by atoms with E-state index in [1.165, 1.54) is 0 Å². The number of ether oxygens (including phenoxy) is 1. The predicted molar refractivity (Wildman–Crippen MR) is 96.8 cm³/mol. The highest BCUT2D eigenvalue weighted by atomic mass is 19.1. The second-order valence-corrected chi connectivity index (χ2v) is 7.16. The Bertz CT molecular complexity index is 1000. The van der Waals surface area contributed by atoms with E-state index in [0.717, 1.165) is 22.3 Å². The number of hydrogen-bond donors (Lipinski definition) is 0. The molecule has 1 aliphatic heterocycles. The third-order valence-electron chi connectivity index (χ3n) is 5.29. The van der Waals surface area contributed by atoms with Gasteiger partial charge in [-0.2, -0.15) is 0 Å². The predicted octanol–water partition coefficient (Wildman–Crippen LogP) is 2.80. The summed E-state index contributed by atoms with van der Waals surface area (Å²) in [6.07, 6.45) is 7.61. The van der Waals surface area contributed by atoms with Crippen molar-refractivity contribution in [1.29, 1.82) is 0 Å². The normalized spacial score (nSPS) is 21.4. The van der Waals surface area contributed by atoms with E-state index in [1.807, 2.05) is 41.1 Å². The summed E-state index contributed by atoms with van der Waals surface area (Å²) in [6.45, 7) is 1.15. The molecular formula is C20H19FN4O2. The molecule has 1 unspecified atom stereocenters. The number of halogens is 1. The number of rotatable bonds is 3. The molecule has 0 bridgehead atoms. The van der Waals surface area contributed by atoms with E-state index in [9.17, 15) is 9.18 Å². The van der Waals surface area contributed by atoms with Crippen LogP contribution < -0.4 is 0 Å². The van der Waals surface area contributed by atoms with Crippen LogP contribution in [0, 0.1) is 0 Å². The SMILES string of the molecule is O=C(N1CCOC(c2ncn3cc(-c4cccnc4)ccc23)C1)C1(F)CC1. The number of nitrogens with zero attached hydrogens (tertiary/aromatic N) is 4. The number of fused-ring (bicyclic) bond motifs is 1. The van der Waals surface area contributed by atoms with Gasteiger partial charge in [0.2, 0.25) is 0 Å². The Balaban J connectivity index is 1.42. The molecule has 0 aromatic carbocycles. The minimum Gasteiger partial charge on any atom is -0.368 e. The van der Waals surface area contributed by atoms with Gasteiger partial charge in [-0.15, -0.1) is 0 Å². The molecule has 1 saturated heterocycles. The van der Waals surface area contributed by atoms with E-state index >= 15 is 0 Å². The van der Waals surface area contributed by atoms with Crippen LogP contribution in [0.1, 0.15) is 24.6 Å². The third kappa shape index (κ3) is 2.88. The van der Waals surface area contributed by atoms with Gasteiger partial charge in [-0.1, -0.05) is 12.1 Å². The van der Waals surface area contributed by atoms with Crippen LogP contribution >= 0.6 is 0 Å². The van der Waals surface area contributed by atoms with Crippen molar-refractivity contribution >= 4 is 11.4 Å². The summed E-state index contributed by atoms with van der Waals surface area (Å²) >= 11 is 0. The zero-order valence-corrected chi connectivity index (χ0v) is 14.7. The summed E-state index contributed by atoms with van der Waals surface area (Å²) in [7, 11) is 0. The van der Waals surface area contributed by atoms with E-state index < -0.39 is 11.6 Å². The average molecular weight is 366 g/mol. The Labute approximate surface area is 155 Å². The van der Waals surface area contributed by atoms with E-state index in [1.54, 1.807) is 17.4 Å². The van der Waals surface area contributed by atoms with Crippen molar-refractivity contribution in [3.63, 3.8) is 0 Å². The fourth-order valence-corrected chi connectivity index (χ4v) is 3.58. The summed E-state index contributed by atoms with van der Waals surface area (Å²) in [5.74, 6) is -0.404. The first-order chi connectivity index (χ1) is 13.1. The number of carbonyl (C=O) groups excluding carboxylic acids is 1. The quantitative estimate of drug-likeness (QED) is 0.715. The first-order valence-corrected chi connectivity index (χ1v) is 9.11. The van der Waals surface area contributed by atoms with Crippen LogP contribution in [-0.4, -0.2) is 50.5 Å². The minimum absolute atomic E-state index is 0.332. The number of imidazole rings is 1. The smallest absolute Gasteiger partial charge is 0.260 e. The van der Waals surface area contributed by atoms with Crippen LogP contribution in [0.4, 0.5) is 4.39 Å². The van der Waals surface area contributed by atoms with Gasteiger partial charge >= 0.3 is 0 Å². The lowest BCUT2D eigenvalue weighted by molar-refractivity contribution is -0.146. The average Bonchev–Trinajstić information content (AvgIpc) is 3.33. The van der Waals surface area contributed by atoms with Crippen molar-refractivity contribution < 1.29 is 13.9 Å². The lowest BCUT2D eigenvalue weighted by Crippen LogP contribution is -2.46. The highest BCUT2D eigenvalue weighted by molar-refractivity contribution is 5.88. The number of amides is 1. The molecule has 1 atom stereocenters. The van der Waals surface area contributed by atoms with Gasteiger partial charge in [-0.25, -0.2) is 9.37 Å². The molecule has 4 heterocycles. The van der Waals surface area contributed by atoms with Gasteiger partial charge in [0.15, 0.2) is 5.67 Å². The molecule has 5 rings (SSSR count). The van der Waals surface area contributed by atoms with Crippen molar-refractivity contribution in [2.45, 2.75) is 24.6 Å². The third-order valence-corrected chi connectivity index (χ3v) is 5.29. The van der Waals surface area contributed by atoms with Gasteiger partial charge in [0, 0.05) is 30.7 Å². The van der Waals surface area contributed by atoms with Gasteiger partial charge in [0.1, 0.15) is 6.10 Å². The van der Waals surface area contributed by atoms with Gasteiger partial charge < -0.3 is 14.0 Å². The Morgan fingerprint density at radius 3 is 2.93 bits per heavy atom. The number of carbonyl (C=O) groups is 1. The molecular weight excluding hydrogens is 347 g/mol. The van der Waals surface area contributed by atoms with Crippen LogP contribution in [0.3, 0.4) is 0 Å². The molecule has 0 N–H and O–H groups in total. The highest BCUT2D eigenvalue weighted by Crippen LogP contribution is 2.42. The molecule has 2 aliphatic rings. The summed E-state index contributed by atoms with van der Waals surface area (Å²) in [4.78, 5) is 22.6. The molecule has 0 spiro atoms. The van der Waals surface area contributed by atoms with Crippen molar-refractivity contribution in [1.82, 2.24) is 19.3 Å². The van der Waals surface area contributed by atoms with Crippen LogP contribution in [0.5, 0.6) is 0 Å². The Hall–Kier alpha value is -2.80. The molecule has 3 aromatic rings. The second kappa shape index (κ2) is 6.13. The number of pyridine rings is 2. The van der Waals surface area contributed by atoms with Crippen molar-refractivity contribution in [3.05, 3.63) is 54.9 Å². The Kier molecular flexibility index (Phi) is 3.72. The molecule has 1 saturated carbocycles. The van der Waals surface area contributed by atoms with Crippen LogP contribution in [0.2, 0.25) is 0 Å². The monoisotopic (exact) mass is 366 g/mol. The zero-order chi connectivity index (χ0) is 18.4. The van der Waals surface area contributed by atoms with Crippen LogP contribution in [0.15, 0.2) is 49.2 Å². The largest absolute Gasteiger partial charge is 0.368 e. The lowest BCUT2D eigenvalue weighted by Gasteiger charge is -2.33. The Morgan fingerprint density at radius 1 is 1.26 bits per heavy atom. The first kappa shape index (κ1) is 16.4. The maximum Gasteiger partial charge on any atom is 0.260 e. The summed E-state index contributed by atoms with van der Waals surface area (Å²) < 4.78 is 21.9. The van der Waals surface area contributed by atoms with E-state index in [2.05, 4.69) is 9.97 Å². The van der Waals surface area contributed by atoms with E-state index in [4.69, 9.17) is 4.74 Å². The summed E-state index contributed by atoms with van der Waals surface area (Å²) in [6, 6.07) is 7.92. The second-order valence-electron chi connectivity index (χ2n) is 7.16. The number of morpholine rings is 1. The van der Waals surface area contributed by atoms with Gasteiger partial charge in [0.05, 0.1) is 30.7 Å². The lowest BCUT2D eigenvalue weighted by atomic mass is 10.1. The molecule has 2 fully saturated rings.